The van der Waals surface area contributed by atoms with Crippen LogP contribution < -0.4 is 0 Å². The van der Waals surface area contributed by atoms with E-state index in [2.05, 4.69) is 0 Å². The SMILES string of the molecule is O=C(O)C1=C(C(=O)OC(=O)C2=C(C(=O)O)C3C=CC2C3)C2C=CC1C2. The molecule has 4 aliphatic rings. The van der Waals surface area contributed by atoms with Crippen LogP contribution in [0.2, 0.25) is 0 Å². The number of carbonyl (C=O) groups excluding carboxylic acids is 2. The van der Waals surface area contributed by atoms with Gasteiger partial charge in [-0.15, -0.1) is 0 Å². The number of carboxylic acid groups (broad SMARTS) is 2. The number of ether oxygens (including phenoxy) is 1. The minimum Gasteiger partial charge on any atom is -0.478 e. The van der Waals surface area contributed by atoms with E-state index in [0.717, 1.165) is 0 Å². The Bertz CT molecular complexity index is 785. The van der Waals surface area contributed by atoms with E-state index in [4.69, 9.17) is 4.74 Å². The van der Waals surface area contributed by atoms with E-state index in [9.17, 15) is 29.4 Å². The van der Waals surface area contributed by atoms with E-state index in [1.54, 1.807) is 24.3 Å². The van der Waals surface area contributed by atoms with Crippen LogP contribution in [-0.2, 0) is 23.9 Å². The van der Waals surface area contributed by atoms with Gasteiger partial charge in [0, 0.05) is 23.7 Å². The third-order valence-electron chi connectivity index (χ3n) is 5.32. The van der Waals surface area contributed by atoms with Crippen LogP contribution in [0.15, 0.2) is 46.6 Å². The molecule has 0 aromatic heterocycles. The second kappa shape index (κ2) is 5.27. The van der Waals surface area contributed by atoms with Gasteiger partial charge in [0.15, 0.2) is 0 Å². The van der Waals surface area contributed by atoms with Crippen LogP contribution in [0.5, 0.6) is 0 Å². The van der Waals surface area contributed by atoms with E-state index in [0.29, 0.717) is 12.8 Å². The number of carbonyl (C=O) groups is 4. The maximum Gasteiger partial charge on any atom is 0.343 e. The van der Waals surface area contributed by atoms with Crippen LogP contribution in [0.3, 0.4) is 0 Å². The summed E-state index contributed by atoms with van der Waals surface area (Å²) in [5.74, 6) is -5.84. The third kappa shape index (κ3) is 2.19. The fourth-order valence-corrected chi connectivity index (χ4v) is 4.32. The molecule has 4 atom stereocenters. The van der Waals surface area contributed by atoms with E-state index in [-0.39, 0.29) is 46.0 Å². The average Bonchev–Trinajstić information content (AvgIpc) is 3.31. The molecular formula is C18H14O7. The Kier molecular flexibility index (Phi) is 3.28. The number of hydrogen-bond acceptors (Lipinski definition) is 5. The van der Waals surface area contributed by atoms with Crippen molar-refractivity contribution in [3.8, 4) is 0 Å². The van der Waals surface area contributed by atoms with Crippen LogP contribution in [0.1, 0.15) is 12.8 Å². The van der Waals surface area contributed by atoms with Gasteiger partial charge in [-0.05, 0) is 12.8 Å². The molecule has 4 rings (SSSR count). The van der Waals surface area contributed by atoms with Gasteiger partial charge in [0.1, 0.15) is 0 Å². The van der Waals surface area contributed by atoms with Crippen molar-refractivity contribution in [1.29, 1.82) is 0 Å². The molecule has 4 aliphatic carbocycles. The lowest BCUT2D eigenvalue weighted by Gasteiger charge is -2.15. The van der Waals surface area contributed by atoms with Crippen molar-refractivity contribution in [3.63, 3.8) is 0 Å². The van der Waals surface area contributed by atoms with Crippen LogP contribution in [-0.4, -0.2) is 34.1 Å². The summed E-state index contributed by atoms with van der Waals surface area (Å²) in [7, 11) is 0. The molecule has 0 saturated heterocycles. The number of rotatable bonds is 4. The minimum absolute atomic E-state index is 0.00970. The number of hydrogen-bond donors (Lipinski definition) is 2. The third-order valence-corrected chi connectivity index (χ3v) is 5.32. The molecule has 7 nitrogen and oxygen atoms in total. The van der Waals surface area contributed by atoms with E-state index in [1.165, 1.54) is 0 Å². The zero-order chi connectivity index (χ0) is 17.9. The molecular weight excluding hydrogens is 328 g/mol. The lowest BCUT2D eigenvalue weighted by atomic mass is 9.96. The highest BCUT2D eigenvalue weighted by atomic mass is 16.6. The van der Waals surface area contributed by atoms with Gasteiger partial charge >= 0.3 is 23.9 Å². The molecule has 4 bridgehead atoms. The molecule has 0 heterocycles. The largest absolute Gasteiger partial charge is 0.478 e. The lowest BCUT2D eigenvalue weighted by Crippen LogP contribution is -2.24. The van der Waals surface area contributed by atoms with Crippen LogP contribution in [0, 0.1) is 23.7 Å². The van der Waals surface area contributed by atoms with Crippen molar-refractivity contribution in [2.24, 2.45) is 23.7 Å². The molecule has 0 aromatic carbocycles. The van der Waals surface area contributed by atoms with E-state index < -0.39 is 23.9 Å². The first-order valence-electron chi connectivity index (χ1n) is 7.96. The highest BCUT2D eigenvalue weighted by Gasteiger charge is 2.46. The Hall–Kier alpha value is -2.96. The highest BCUT2D eigenvalue weighted by Crippen LogP contribution is 2.46. The van der Waals surface area contributed by atoms with Gasteiger partial charge in [-0.25, -0.2) is 19.2 Å². The molecule has 7 heteroatoms. The lowest BCUT2D eigenvalue weighted by molar-refractivity contribution is -0.155. The fourth-order valence-electron chi connectivity index (χ4n) is 4.32. The molecule has 128 valence electrons. The van der Waals surface area contributed by atoms with Crippen molar-refractivity contribution in [1.82, 2.24) is 0 Å². The average molecular weight is 342 g/mol. The maximum atomic E-state index is 12.4. The second-order valence-electron chi connectivity index (χ2n) is 6.61. The first-order valence-corrected chi connectivity index (χ1v) is 7.96. The molecule has 0 aliphatic heterocycles. The molecule has 4 unspecified atom stereocenters. The van der Waals surface area contributed by atoms with Gasteiger partial charge in [0.05, 0.1) is 22.3 Å². The maximum absolute atomic E-state index is 12.4. The molecule has 25 heavy (non-hydrogen) atoms. The summed E-state index contributed by atoms with van der Waals surface area (Å²) in [4.78, 5) is 47.7. The first kappa shape index (κ1) is 15.6. The summed E-state index contributed by atoms with van der Waals surface area (Å²) in [6, 6.07) is 0. The normalized spacial score (nSPS) is 31.2. The number of aliphatic carboxylic acids is 2. The minimum atomic E-state index is -1.20. The molecule has 0 radical (unpaired) electrons. The summed E-state index contributed by atoms with van der Waals surface area (Å²) < 4.78 is 4.90. The van der Waals surface area contributed by atoms with Gasteiger partial charge in [-0.3, -0.25) is 0 Å². The van der Waals surface area contributed by atoms with Crippen molar-refractivity contribution < 1.29 is 34.1 Å². The summed E-state index contributed by atoms with van der Waals surface area (Å²) in [6.45, 7) is 0. The monoisotopic (exact) mass is 342 g/mol. The Morgan fingerprint density at radius 1 is 0.680 bits per heavy atom. The topological polar surface area (TPSA) is 118 Å². The first-order chi connectivity index (χ1) is 11.9. The van der Waals surface area contributed by atoms with Crippen LogP contribution in [0.4, 0.5) is 0 Å². The summed E-state index contributed by atoms with van der Waals surface area (Å²) in [6.07, 6.45) is 7.91. The smallest absolute Gasteiger partial charge is 0.343 e. The molecule has 0 spiro atoms. The quantitative estimate of drug-likeness (QED) is 0.448. The Labute approximate surface area is 142 Å². The number of allylic oxidation sites excluding steroid dienone is 4. The summed E-state index contributed by atoms with van der Waals surface area (Å²) in [5.41, 5.74) is -0.0924. The van der Waals surface area contributed by atoms with Gasteiger partial charge in [0.25, 0.3) is 0 Å². The molecule has 0 fully saturated rings. The standard InChI is InChI=1S/C18H14O7/c19-15(20)11-7-1-3-9(5-7)13(11)17(23)25-18(24)14-10-4-2-8(6-10)12(14)16(21)22/h1-4,7-10H,5-6H2,(H,19,20)(H,21,22). The van der Waals surface area contributed by atoms with Gasteiger partial charge in [-0.2, -0.15) is 0 Å². The second-order valence-corrected chi connectivity index (χ2v) is 6.61. The van der Waals surface area contributed by atoms with Crippen LogP contribution in [0.25, 0.3) is 0 Å². The van der Waals surface area contributed by atoms with Gasteiger partial charge in [0.2, 0.25) is 0 Å². The zero-order valence-electron chi connectivity index (χ0n) is 13.0. The zero-order valence-corrected chi connectivity index (χ0v) is 13.0. The molecule has 0 saturated carbocycles. The van der Waals surface area contributed by atoms with Crippen molar-refractivity contribution >= 4 is 23.9 Å². The van der Waals surface area contributed by atoms with Crippen LogP contribution >= 0.6 is 0 Å². The van der Waals surface area contributed by atoms with E-state index in [1.807, 2.05) is 0 Å². The number of fused-ring (bicyclic) bond motifs is 4. The molecule has 0 amide bonds. The fraction of sp³-hybridized carbons (Fsp3) is 0.333. The van der Waals surface area contributed by atoms with E-state index >= 15 is 0 Å². The molecule has 0 aromatic rings. The summed E-state index contributed by atoms with van der Waals surface area (Å²) >= 11 is 0. The predicted octanol–water partition coefficient (Wildman–Crippen LogP) is 1.23. The van der Waals surface area contributed by atoms with Crippen molar-refractivity contribution in [2.45, 2.75) is 12.8 Å². The van der Waals surface area contributed by atoms with Crippen molar-refractivity contribution in [2.75, 3.05) is 0 Å². The van der Waals surface area contributed by atoms with Crippen molar-refractivity contribution in [3.05, 3.63) is 46.6 Å². The highest BCUT2D eigenvalue weighted by molar-refractivity contribution is 6.10. The summed E-state index contributed by atoms with van der Waals surface area (Å²) in [5, 5.41) is 18.6. The number of esters is 2. The van der Waals surface area contributed by atoms with Gasteiger partial charge in [-0.1, -0.05) is 24.3 Å². The van der Waals surface area contributed by atoms with Gasteiger partial charge < -0.3 is 14.9 Å². The Morgan fingerprint density at radius 3 is 1.32 bits per heavy atom. The molecule has 2 N–H and O–H groups in total. The Morgan fingerprint density at radius 2 is 1.00 bits per heavy atom. The predicted molar refractivity (Wildman–Crippen MR) is 81.9 cm³/mol. The number of carboxylic acids is 2. The Balaban J connectivity index is 1.61.